The molecule has 0 aliphatic carbocycles. The molecule has 1 fully saturated rings. The van der Waals surface area contributed by atoms with Crippen LogP contribution in [0.25, 0.3) is 0 Å². The second kappa shape index (κ2) is 9.10. The minimum atomic E-state index is -3.47. The molecule has 1 aromatic heterocycles. The number of pyridine rings is 1. The van der Waals surface area contributed by atoms with E-state index in [2.05, 4.69) is 10.3 Å². The zero-order valence-corrected chi connectivity index (χ0v) is 15.9. The molecular weight excluding hydrogens is 364 g/mol. The minimum Gasteiger partial charge on any atom is -0.381 e. The van der Waals surface area contributed by atoms with Gasteiger partial charge in [0.25, 0.3) is 0 Å². The lowest BCUT2D eigenvalue weighted by molar-refractivity contribution is -0.122. The van der Waals surface area contributed by atoms with E-state index in [1.807, 2.05) is 12.1 Å². The van der Waals surface area contributed by atoms with Gasteiger partial charge in [0.05, 0.1) is 16.7 Å². The molecule has 0 saturated carbocycles. The predicted octanol–water partition coefficient (Wildman–Crippen LogP) is 2.53. The third-order valence-electron chi connectivity index (χ3n) is 4.80. The second-order valence-corrected chi connectivity index (χ2v) is 8.77. The van der Waals surface area contributed by atoms with Crippen molar-refractivity contribution in [2.45, 2.75) is 30.2 Å². The van der Waals surface area contributed by atoms with Gasteiger partial charge in [-0.1, -0.05) is 24.3 Å². The van der Waals surface area contributed by atoms with Crippen molar-refractivity contribution >= 4 is 15.7 Å². The van der Waals surface area contributed by atoms with Gasteiger partial charge < -0.3 is 10.1 Å². The fourth-order valence-electron chi connectivity index (χ4n) is 3.30. The smallest absolute Gasteiger partial charge is 0.221 e. The number of carbonyl (C=O) groups is 1. The van der Waals surface area contributed by atoms with Crippen LogP contribution in [0.1, 0.15) is 30.9 Å². The Labute approximate surface area is 159 Å². The highest BCUT2D eigenvalue weighted by atomic mass is 32.2. The number of nitrogens with zero attached hydrogens (tertiary/aromatic N) is 1. The van der Waals surface area contributed by atoms with Gasteiger partial charge in [0.2, 0.25) is 5.91 Å². The van der Waals surface area contributed by atoms with Crippen molar-refractivity contribution in [1.29, 1.82) is 0 Å². The summed E-state index contributed by atoms with van der Waals surface area (Å²) in [6.07, 6.45) is 5.07. The second-order valence-electron chi connectivity index (χ2n) is 6.66. The van der Waals surface area contributed by atoms with Crippen LogP contribution in [0.5, 0.6) is 0 Å². The van der Waals surface area contributed by atoms with Crippen LogP contribution in [0.4, 0.5) is 0 Å². The Bertz CT molecular complexity index is 835. The molecule has 1 aliphatic rings. The van der Waals surface area contributed by atoms with Crippen LogP contribution >= 0.6 is 0 Å². The van der Waals surface area contributed by atoms with Crippen molar-refractivity contribution in [3.05, 3.63) is 60.4 Å². The molecule has 1 aromatic carbocycles. The van der Waals surface area contributed by atoms with Gasteiger partial charge in [0.15, 0.2) is 9.84 Å². The zero-order chi connectivity index (χ0) is 19.1. The quantitative estimate of drug-likeness (QED) is 0.788. The van der Waals surface area contributed by atoms with E-state index in [-0.39, 0.29) is 34.9 Å². The molecule has 0 bridgehead atoms. The summed E-state index contributed by atoms with van der Waals surface area (Å²) in [6.45, 7) is 1.33. The third-order valence-corrected chi connectivity index (χ3v) is 6.53. The number of carbonyl (C=O) groups excluding carboxylic acids is 1. The number of hydrogen-bond acceptors (Lipinski definition) is 5. The number of rotatable bonds is 7. The number of sulfone groups is 1. The maximum atomic E-state index is 12.5. The number of ether oxygens (including phenoxy) is 1. The summed E-state index contributed by atoms with van der Waals surface area (Å²) in [5.41, 5.74) is 0.934. The molecule has 1 N–H and O–H groups in total. The van der Waals surface area contributed by atoms with Crippen molar-refractivity contribution in [2.24, 2.45) is 5.92 Å². The Morgan fingerprint density at radius 2 is 1.89 bits per heavy atom. The summed E-state index contributed by atoms with van der Waals surface area (Å²) in [6, 6.07) is 11.8. The van der Waals surface area contributed by atoms with E-state index < -0.39 is 9.84 Å². The van der Waals surface area contributed by atoms with Crippen molar-refractivity contribution in [1.82, 2.24) is 10.3 Å². The first-order valence-electron chi connectivity index (χ1n) is 9.11. The third kappa shape index (κ3) is 5.37. The van der Waals surface area contributed by atoms with Crippen LogP contribution in [-0.4, -0.2) is 38.3 Å². The van der Waals surface area contributed by atoms with Gasteiger partial charge in [0.1, 0.15) is 0 Å². The van der Waals surface area contributed by atoms with E-state index in [1.54, 1.807) is 42.7 Å². The number of hydrogen-bond donors (Lipinski definition) is 1. The fraction of sp³-hybridized carbons (Fsp3) is 0.400. The fourth-order valence-corrected chi connectivity index (χ4v) is 4.56. The zero-order valence-electron chi connectivity index (χ0n) is 15.1. The number of nitrogens with one attached hydrogen (secondary N) is 1. The predicted molar refractivity (Wildman–Crippen MR) is 102 cm³/mol. The summed E-state index contributed by atoms with van der Waals surface area (Å²) >= 11 is 0. The van der Waals surface area contributed by atoms with Crippen LogP contribution in [-0.2, 0) is 19.4 Å². The lowest BCUT2D eigenvalue weighted by atomic mass is 9.87. The van der Waals surface area contributed by atoms with E-state index in [9.17, 15) is 13.2 Å². The molecule has 2 aromatic rings. The average Bonchev–Trinajstić information content (AvgIpc) is 2.72. The topological polar surface area (TPSA) is 85.4 Å². The van der Waals surface area contributed by atoms with Crippen LogP contribution < -0.4 is 5.32 Å². The summed E-state index contributed by atoms with van der Waals surface area (Å²) in [4.78, 5) is 16.9. The highest BCUT2D eigenvalue weighted by molar-refractivity contribution is 7.91. The normalized spacial score (nSPS) is 16.6. The molecule has 27 heavy (non-hydrogen) atoms. The molecule has 1 aliphatic heterocycles. The summed E-state index contributed by atoms with van der Waals surface area (Å²) in [5.74, 6) is -0.233. The van der Waals surface area contributed by atoms with E-state index in [4.69, 9.17) is 4.74 Å². The SMILES string of the molecule is O=C(CCS(=O)(=O)c1ccccc1)NC(c1cccnc1)C1CCOCC1. The molecule has 3 rings (SSSR count). The highest BCUT2D eigenvalue weighted by Crippen LogP contribution is 2.29. The number of amides is 1. The standard InChI is InChI=1S/C20H24N2O4S/c23-19(10-14-27(24,25)18-6-2-1-3-7-18)22-20(16-8-12-26-13-9-16)17-5-4-11-21-15-17/h1-7,11,15-16,20H,8-10,12-14H2,(H,22,23). The summed E-state index contributed by atoms with van der Waals surface area (Å²) in [7, 11) is -3.47. The first-order valence-corrected chi connectivity index (χ1v) is 10.8. The van der Waals surface area contributed by atoms with Gasteiger partial charge in [-0.15, -0.1) is 0 Å². The molecule has 2 heterocycles. The van der Waals surface area contributed by atoms with E-state index >= 15 is 0 Å². The Kier molecular flexibility index (Phi) is 6.58. The Morgan fingerprint density at radius 1 is 1.15 bits per heavy atom. The Morgan fingerprint density at radius 3 is 2.56 bits per heavy atom. The van der Waals surface area contributed by atoms with Gasteiger partial charge in [0, 0.05) is 32.0 Å². The molecule has 1 atom stereocenters. The largest absolute Gasteiger partial charge is 0.381 e. The van der Waals surface area contributed by atoms with Crippen molar-refractivity contribution in [3.63, 3.8) is 0 Å². The number of aromatic nitrogens is 1. The van der Waals surface area contributed by atoms with Gasteiger partial charge in [-0.3, -0.25) is 9.78 Å². The molecule has 7 heteroatoms. The van der Waals surface area contributed by atoms with Crippen molar-refractivity contribution < 1.29 is 17.9 Å². The molecule has 0 spiro atoms. The Hall–Kier alpha value is -2.25. The van der Waals surface area contributed by atoms with Crippen molar-refractivity contribution in [2.75, 3.05) is 19.0 Å². The van der Waals surface area contributed by atoms with Crippen LogP contribution in [0.2, 0.25) is 0 Å². The van der Waals surface area contributed by atoms with Crippen molar-refractivity contribution in [3.8, 4) is 0 Å². The van der Waals surface area contributed by atoms with Crippen LogP contribution in [0, 0.1) is 5.92 Å². The summed E-state index contributed by atoms with van der Waals surface area (Å²) < 4.78 is 30.2. The van der Waals surface area contributed by atoms with E-state index in [0.717, 1.165) is 18.4 Å². The molecular formula is C20H24N2O4S. The Balaban J connectivity index is 1.66. The number of benzene rings is 1. The van der Waals surface area contributed by atoms with Gasteiger partial charge in [-0.05, 0) is 42.5 Å². The first-order chi connectivity index (χ1) is 13.1. The lowest BCUT2D eigenvalue weighted by Gasteiger charge is -2.31. The van der Waals surface area contributed by atoms with Gasteiger partial charge >= 0.3 is 0 Å². The maximum absolute atomic E-state index is 12.5. The monoisotopic (exact) mass is 388 g/mol. The van der Waals surface area contributed by atoms with Gasteiger partial charge in [-0.2, -0.15) is 0 Å². The lowest BCUT2D eigenvalue weighted by Crippen LogP contribution is -2.36. The van der Waals surface area contributed by atoms with Gasteiger partial charge in [-0.25, -0.2) is 8.42 Å². The first kappa shape index (κ1) is 19.5. The minimum absolute atomic E-state index is 0.0722. The van der Waals surface area contributed by atoms with Crippen LogP contribution in [0.3, 0.4) is 0 Å². The average molecular weight is 388 g/mol. The molecule has 1 amide bonds. The van der Waals surface area contributed by atoms with E-state index in [1.165, 1.54) is 0 Å². The molecule has 1 unspecified atom stereocenters. The van der Waals surface area contributed by atoms with E-state index in [0.29, 0.717) is 13.2 Å². The van der Waals surface area contributed by atoms with Crippen LogP contribution in [0.15, 0.2) is 59.8 Å². The summed E-state index contributed by atoms with van der Waals surface area (Å²) in [5, 5.41) is 3.03. The molecule has 1 saturated heterocycles. The maximum Gasteiger partial charge on any atom is 0.221 e. The molecule has 6 nitrogen and oxygen atoms in total. The molecule has 0 radical (unpaired) electrons. The molecule has 144 valence electrons. The highest BCUT2D eigenvalue weighted by Gasteiger charge is 2.27.